The highest BCUT2D eigenvalue weighted by molar-refractivity contribution is 5.85. The molecule has 5 aliphatic heterocycles. The highest BCUT2D eigenvalue weighted by Gasteiger charge is 2.68. The maximum atomic E-state index is 12.6. The Morgan fingerprint density at radius 2 is 1.34 bits per heavy atom. The van der Waals surface area contributed by atoms with E-state index in [-0.39, 0.29) is 54.0 Å². The summed E-state index contributed by atoms with van der Waals surface area (Å²) in [6, 6.07) is 0. The lowest BCUT2D eigenvalue weighted by Gasteiger charge is -2.64. The third-order valence-corrected chi connectivity index (χ3v) is 18.3. The summed E-state index contributed by atoms with van der Waals surface area (Å²) in [6.45, 7) is 10.8. The zero-order chi connectivity index (χ0) is 48.6. The van der Waals surface area contributed by atoms with Crippen LogP contribution >= 0.6 is 0 Å². The smallest absolute Gasteiger partial charge is 0.331 e. The van der Waals surface area contributed by atoms with Gasteiger partial charge in [0.15, 0.2) is 25.2 Å². The summed E-state index contributed by atoms with van der Waals surface area (Å²) in [7, 11) is 0. The Hall–Kier alpha value is -1.92. The molecule has 19 heteroatoms. The molecule has 0 amide bonds. The van der Waals surface area contributed by atoms with Crippen LogP contribution in [0.5, 0.6) is 0 Å². The van der Waals surface area contributed by atoms with Crippen molar-refractivity contribution in [1.82, 2.24) is 0 Å². The second-order valence-electron chi connectivity index (χ2n) is 22.1. The van der Waals surface area contributed by atoms with E-state index in [9.17, 15) is 45.3 Å². The third kappa shape index (κ3) is 9.36. The second-order valence-corrected chi connectivity index (χ2v) is 22.1. The number of fused-ring (bicyclic) bond motifs is 5. The lowest BCUT2D eigenvalue weighted by Crippen LogP contribution is -2.62. The van der Waals surface area contributed by atoms with Gasteiger partial charge in [0.05, 0.1) is 48.8 Å². The molecule has 0 aromatic carbocycles. The van der Waals surface area contributed by atoms with Gasteiger partial charge in [0, 0.05) is 37.7 Å². The second kappa shape index (κ2) is 19.8. The summed E-state index contributed by atoms with van der Waals surface area (Å²) in [6.07, 6.45) is -7.65. The molecule has 4 saturated heterocycles. The standard InChI is InChI=1S/C49H76O19/c1-22-43(66-38-18-33(53)44(23(2)61-38)67-39-19-34(63-25(4)51)45(24(3)62-39)68-46-42(57)41(56)40(55)35(20-50)65-46)32(52)17-37(60-22)64-28-9-12-47(5)27(16-28)7-8-31-30(47)10-13-48(6)29(11-14-49(31,48)58)26-15-36(54)59-21-26/h15,22-24,27-35,37-46,50,52-53,55-58H,7-14,16-21H2,1-6H3/t22-,23-,24-,27+,28+,29-,30-,31-,32+,33+,34+,35-,37+,38+,39+,40-,41+,42-,43-,44-,45-,46+,47+,48-,49+/m1/s1. The summed E-state index contributed by atoms with van der Waals surface area (Å²) in [5.74, 6) is 0.357. The number of hydrogen-bond acceptors (Lipinski definition) is 19. The van der Waals surface area contributed by atoms with Crippen LogP contribution in [-0.2, 0) is 57.0 Å². The highest BCUT2D eigenvalue weighted by atomic mass is 16.8. The number of carbonyl (C=O) groups excluding carboxylic acids is 2. The summed E-state index contributed by atoms with van der Waals surface area (Å²) in [5, 5.41) is 76.1. The monoisotopic (exact) mass is 968 g/mol. The molecule has 0 aromatic heterocycles. The van der Waals surface area contributed by atoms with Crippen molar-refractivity contribution < 1.29 is 92.7 Å². The first kappa shape index (κ1) is 51.0. The van der Waals surface area contributed by atoms with Crippen molar-refractivity contribution in [3.63, 3.8) is 0 Å². The van der Waals surface area contributed by atoms with Gasteiger partial charge in [-0.25, -0.2) is 4.79 Å². The molecule has 0 unspecified atom stereocenters. The molecular formula is C49H76O19. The number of hydrogen-bond donors (Lipinski definition) is 7. The van der Waals surface area contributed by atoms with E-state index < -0.39 is 123 Å². The van der Waals surface area contributed by atoms with E-state index in [1.807, 2.05) is 6.92 Å². The molecule has 9 aliphatic rings. The van der Waals surface area contributed by atoms with Crippen LogP contribution in [0.3, 0.4) is 0 Å². The van der Waals surface area contributed by atoms with E-state index in [0.717, 1.165) is 63.4 Å². The van der Waals surface area contributed by atoms with Crippen molar-refractivity contribution >= 4 is 11.9 Å². The fraction of sp³-hybridized carbons (Fsp3) is 0.918. The van der Waals surface area contributed by atoms with Crippen LogP contribution in [0.25, 0.3) is 0 Å². The lowest BCUT2D eigenvalue weighted by molar-refractivity contribution is -0.355. The average molecular weight is 969 g/mol. The molecule has 9 rings (SSSR count). The van der Waals surface area contributed by atoms with E-state index in [1.165, 1.54) is 6.92 Å². The SMILES string of the molecule is CC(=O)O[C@H]1C[C@H](O[C@H]2[C@@H](O)C[C@H](O[C@H]3[C@@H](O)C[C@H](O[C@H]4CC[C@@]5(C)[C@@H](CC[C@@H]6[C@H]5CC[C@]5(C)[C@@H](C7=CC(=O)OC7)CC[C@]65O)C4)O[C@@H]3C)O[C@@H]2C)O[C@H](C)[C@H]1O[C@@H]1O[C@H](CO)[C@@H](O)[C@H](O)[C@H]1O. The van der Waals surface area contributed by atoms with E-state index in [4.69, 9.17) is 47.4 Å². The maximum Gasteiger partial charge on any atom is 0.331 e. The van der Waals surface area contributed by atoms with Crippen LogP contribution in [0.15, 0.2) is 11.6 Å². The zero-order valence-corrected chi connectivity index (χ0v) is 40.2. The summed E-state index contributed by atoms with van der Waals surface area (Å²) < 4.78 is 60.2. The predicted molar refractivity (Wildman–Crippen MR) is 233 cm³/mol. The molecular weight excluding hydrogens is 893 g/mol. The van der Waals surface area contributed by atoms with Crippen molar-refractivity contribution in [3.8, 4) is 0 Å². The number of cyclic esters (lactones) is 1. The van der Waals surface area contributed by atoms with Gasteiger partial charge in [0.2, 0.25) is 0 Å². The van der Waals surface area contributed by atoms with Crippen LogP contribution < -0.4 is 0 Å². The number of aliphatic hydroxyl groups excluding tert-OH is 6. The van der Waals surface area contributed by atoms with Gasteiger partial charge in [-0.15, -0.1) is 0 Å². The Kier molecular flexibility index (Phi) is 14.9. The van der Waals surface area contributed by atoms with Crippen molar-refractivity contribution in [1.29, 1.82) is 0 Å². The fourth-order valence-corrected chi connectivity index (χ4v) is 14.6. The normalized spacial score (nSPS) is 52.8. The van der Waals surface area contributed by atoms with Crippen molar-refractivity contribution in [2.45, 2.75) is 235 Å². The number of ether oxygens (including phenoxy) is 10. The van der Waals surface area contributed by atoms with E-state index >= 15 is 0 Å². The zero-order valence-electron chi connectivity index (χ0n) is 40.2. The van der Waals surface area contributed by atoms with Gasteiger partial charge in [0.25, 0.3) is 0 Å². The molecule has 68 heavy (non-hydrogen) atoms. The highest BCUT2D eigenvalue weighted by Crippen LogP contribution is 2.70. The molecule has 0 aromatic rings. The maximum absolute atomic E-state index is 12.6. The van der Waals surface area contributed by atoms with Crippen LogP contribution in [0, 0.1) is 34.5 Å². The minimum Gasteiger partial charge on any atom is -0.459 e. The van der Waals surface area contributed by atoms with Gasteiger partial charge in [-0.2, -0.15) is 0 Å². The molecule has 5 heterocycles. The van der Waals surface area contributed by atoms with Gasteiger partial charge in [-0.1, -0.05) is 13.8 Å². The number of aliphatic hydroxyl groups is 7. The minimum atomic E-state index is -1.68. The van der Waals surface area contributed by atoms with Gasteiger partial charge in [-0.05, 0) is 113 Å². The molecule has 0 spiro atoms. The first-order valence-electron chi connectivity index (χ1n) is 25.2. The fourth-order valence-electron chi connectivity index (χ4n) is 14.6. The first-order valence-corrected chi connectivity index (χ1v) is 25.2. The van der Waals surface area contributed by atoms with Crippen LogP contribution in [0.1, 0.15) is 119 Å². The Bertz CT molecular complexity index is 1810. The van der Waals surface area contributed by atoms with Crippen LogP contribution in [-0.4, -0.2) is 177 Å². The van der Waals surface area contributed by atoms with Crippen LogP contribution in [0.2, 0.25) is 0 Å². The van der Waals surface area contributed by atoms with E-state index in [2.05, 4.69) is 13.8 Å². The molecule has 8 fully saturated rings. The van der Waals surface area contributed by atoms with Crippen molar-refractivity contribution in [2.75, 3.05) is 13.2 Å². The Labute approximate surface area is 398 Å². The van der Waals surface area contributed by atoms with Crippen molar-refractivity contribution in [2.24, 2.45) is 34.5 Å². The quantitative estimate of drug-likeness (QED) is 0.115. The van der Waals surface area contributed by atoms with Gasteiger partial charge < -0.3 is 83.1 Å². The summed E-state index contributed by atoms with van der Waals surface area (Å²) in [4.78, 5) is 24.2. The van der Waals surface area contributed by atoms with Gasteiger partial charge in [-0.3, -0.25) is 4.79 Å². The van der Waals surface area contributed by atoms with Crippen LogP contribution in [0.4, 0.5) is 0 Å². The van der Waals surface area contributed by atoms with E-state index in [0.29, 0.717) is 18.4 Å². The average Bonchev–Trinajstić information content (AvgIpc) is 3.83. The Balaban J connectivity index is 0.746. The molecule has 4 saturated carbocycles. The van der Waals surface area contributed by atoms with Gasteiger partial charge >= 0.3 is 11.9 Å². The first-order chi connectivity index (χ1) is 32.2. The summed E-state index contributed by atoms with van der Waals surface area (Å²) in [5.41, 5.74) is 0.0925. The molecule has 386 valence electrons. The lowest BCUT2D eigenvalue weighted by atomic mass is 9.43. The van der Waals surface area contributed by atoms with E-state index in [1.54, 1.807) is 19.9 Å². The minimum absolute atomic E-state index is 0.0126. The number of esters is 2. The molecule has 0 bridgehead atoms. The van der Waals surface area contributed by atoms with Gasteiger partial charge in [0.1, 0.15) is 55.4 Å². The molecule has 0 radical (unpaired) electrons. The molecule has 4 aliphatic carbocycles. The predicted octanol–water partition coefficient (Wildman–Crippen LogP) is 1.64. The Morgan fingerprint density at radius 1 is 0.706 bits per heavy atom. The molecule has 25 atom stereocenters. The van der Waals surface area contributed by atoms with Crippen molar-refractivity contribution in [3.05, 3.63) is 11.6 Å². The topological polar surface area (TPSA) is 268 Å². The molecule has 19 nitrogen and oxygen atoms in total. The number of rotatable bonds is 11. The largest absolute Gasteiger partial charge is 0.459 e. The Morgan fingerprint density at radius 3 is 1.94 bits per heavy atom. The number of carbonyl (C=O) groups is 2. The molecule has 7 N–H and O–H groups in total. The summed E-state index contributed by atoms with van der Waals surface area (Å²) >= 11 is 0. The third-order valence-electron chi connectivity index (χ3n) is 18.3.